The summed E-state index contributed by atoms with van der Waals surface area (Å²) in [5.74, 6) is 0. The van der Waals surface area contributed by atoms with Crippen molar-refractivity contribution in [2.24, 2.45) is 0 Å². The van der Waals surface area contributed by atoms with Crippen molar-refractivity contribution in [3.63, 3.8) is 0 Å². The fourth-order valence-electron chi connectivity index (χ4n) is 0. The minimum Gasteiger partial charge on any atom is -1.00 e. The summed E-state index contributed by atoms with van der Waals surface area (Å²) in [6.45, 7) is 0. The van der Waals surface area contributed by atoms with Crippen LogP contribution in [0.1, 0.15) is 1.43 Å². The molecule has 0 aromatic heterocycles. The second kappa shape index (κ2) is 76.0. The van der Waals surface area contributed by atoms with Crippen molar-refractivity contribution in [2.45, 2.75) is 0 Å². The summed E-state index contributed by atoms with van der Waals surface area (Å²) in [4.78, 5) is 0. The molecule has 0 bridgehead atoms. The smallest absolute Gasteiger partial charge is 1.00 e. The van der Waals surface area contributed by atoms with Crippen LogP contribution in [0.15, 0.2) is 0 Å². The van der Waals surface area contributed by atoms with Gasteiger partial charge in [-0.15, -0.1) is 0 Å². The average Bonchev–Trinajstić information content (AvgIpc) is 1.50. The van der Waals surface area contributed by atoms with Gasteiger partial charge >= 0.3 is 52.6 Å². The molecule has 0 N–H and O–H groups in total. The van der Waals surface area contributed by atoms with E-state index in [0.717, 1.165) is 14.2 Å². The van der Waals surface area contributed by atoms with Crippen molar-refractivity contribution >= 4 is 23.1 Å². The maximum atomic E-state index is 8.25. The van der Waals surface area contributed by atoms with Crippen LogP contribution in [-0.2, 0) is 0 Å². The number of hydrogen-bond acceptors (Lipinski definition) is 2. The number of hydrogen-bond donors (Lipinski definition) is 0. The zero-order valence-corrected chi connectivity index (χ0v) is 7.94. The summed E-state index contributed by atoms with van der Waals surface area (Å²) < 4.78 is 0. The first-order valence-corrected chi connectivity index (χ1v) is 0.816. The van der Waals surface area contributed by atoms with Gasteiger partial charge in [0.2, 0.25) is 0 Å². The summed E-state index contributed by atoms with van der Waals surface area (Å²) in [5, 5.41) is 16.5. The Balaban J connectivity index is -0.00000000267. The molecule has 0 saturated heterocycles. The van der Waals surface area contributed by atoms with Crippen LogP contribution in [0.4, 0.5) is 0 Å². The summed E-state index contributed by atoms with van der Waals surface area (Å²) in [6, 6.07) is 0. The molecule has 0 amide bonds. The van der Waals surface area contributed by atoms with Gasteiger partial charge in [0, 0.05) is 0 Å². The third-order valence-electron chi connectivity index (χ3n) is 0. The van der Waals surface area contributed by atoms with Crippen LogP contribution in [0.5, 0.6) is 0 Å². The molecule has 0 rings (SSSR count). The summed E-state index contributed by atoms with van der Waals surface area (Å²) in [7, 11) is 1.50. The van der Waals surface area contributed by atoms with E-state index >= 15 is 0 Å². The molecule has 0 aliphatic rings. The van der Waals surface area contributed by atoms with Crippen molar-refractivity contribution in [2.75, 3.05) is 14.2 Å². The Morgan fingerprint density at radius 1 is 1.00 bits per heavy atom. The Hall–Kier alpha value is 1.69. The topological polar surface area (TPSA) is 46.1 Å². The van der Waals surface area contributed by atoms with Crippen LogP contribution in [0, 0.1) is 0 Å². The molecule has 4 heteroatoms. The van der Waals surface area contributed by atoms with E-state index < -0.39 is 0 Å². The quantitative estimate of drug-likeness (QED) is 0.292. The normalized spacial score (nSPS) is 2.00. The second-order valence-corrected chi connectivity index (χ2v) is 0. The maximum Gasteiger partial charge on any atom is 2.00 e. The Morgan fingerprint density at radius 3 is 1.00 bits per heavy atom. The second-order valence-electron chi connectivity index (χ2n) is 0. The van der Waals surface area contributed by atoms with Crippen LogP contribution < -0.4 is 39.8 Å². The van der Waals surface area contributed by atoms with Gasteiger partial charge in [0.25, 0.3) is 0 Å². The minimum atomic E-state index is 0. The van der Waals surface area contributed by atoms with Crippen molar-refractivity contribution in [1.29, 1.82) is 0 Å². The molecule has 6 heavy (non-hydrogen) atoms. The van der Waals surface area contributed by atoms with E-state index in [9.17, 15) is 0 Å². The van der Waals surface area contributed by atoms with Gasteiger partial charge in [-0.05, 0) is 0 Å². The maximum absolute atomic E-state index is 8.25. The van der Waals surface area contributed by atoms with E-state index in [1.807, 2.05) is 0 Å². The molecule has 0 radical (unpaired) electrons. The third kappa shape index (κ3) is 43.9. The fraction of sp³-hybridized carbons (Fsp3) is 1.00. The Labute approximate surface area is 77.9 Å². The van der Waals surface area contributed by atoms with Crippen molar-refractivity contribution in [3.8, 4) is 0 Å². The SMILES string of the molecule is C[O-].C[O-].[H-].[Mg+2].[Na+]. The molecule has 2 nitrogen and oxygen atoms in total. The first-order valence-electron chi connectivity index (χ1n) is 0.816. The van der Waals surface area contributed by atoms with Gasteiger partial charge in [-0.3, -0.25) is 0 Å². The van der Waals surface area contributed by atoms with E-state index in [2.05, 4.69) is 0 Å². The fourth-order valence-corrected chi connectivity index (χ4v) is 0. The van der Waals surface area contributed by atoms with Gasteiger partial charge < -0.3 is 11.6 Å². The van der Waals surface area contributed by atoms with Gasteiger partial charge in [0.05, 0.1) is 0 Å². The number of rotatable bonds is 0. The van der Waals surface area contributed by atoms with E-state index in [1.165, 1.54) is 0 Å². The van der Waals surface area contributed by atoms with Gasteiger partial charge in [0.15, 0.2) is 0 Å². The van der Waals surface area contributed by atoms with E-state index in [0.29, 0.717) is 0 Å². The van der Waals surface area contributed by atoms with E-state index in [4.69, 9.17) is 10.2 Å². The minimum absolute atomic E-state index is 0. The first kappa shape index (κ1) is 25.3. The zero-order valence-electron chi connectivity index (χ0n) is 5.52. The van der Waals surface area contributed by atoms with Gasteiger partial charge in [-0.2, -0.15) is 14.2 Å². The van der Waals surface area contributed by atoms with Crippen LogP contribution in [0.25, 0.3) is 0 Å². The largest absolute Gasteiger partial charge is 2.00 e. The third-order valence-corrected chi connectivity index (χ3v) is 0. The Kier molecular flexibility index (Phi) is 320. The molecule has 0 fully saturated rings. The van der Waals surface area contributed by atoms with Crippen LogP contribution in [0.3, 0.4) is 0 Å². The summed E-state index contributed by atoms with van der Waals surface area (Å²) in [6.07, 6.45) is 0. The Bertz CT molecular complexity index is 15.7. The molecule has 0 atom stereocenters. The molecule has 0 unspecified atom stereocenters. The van der Waals surface area contributed by atoms with E-state index in [-0.39, 0.29) is 54.0 Å². The van der Waals surface area contributed by atoms with Crippen molar-refractivity contribution in [1.82, 2.24) is 0 Å². The molecule has 0 aromatic carbocycles. The summed E-state index contributed by atoms with van der Waals surface area (Å²) >= 11 is 0. The molecular formula is C2H7MgNaO2. The molecule has 30 valence electrons. The van der Waals surface area contributed by atoms with Crippen LogP contribution in [-0.4, -0.2) is 37.3 Å². The molecule has 0 aliphatic heterocycles. The monoisotopic (exact) mass is 110 g/mol. The zero-order chi connectivity index (χ0) is 4.00. The van der Waals surface area contributed by atoms with Gasteiger partial charge in [0.1, 0.15) is 0 Å². The predicted octanol–water partition coefficient (Wildman–Crippen LogP) is -5.31. The molecule has 0 spiro atoms. The van der Waals surface area contributed by atoms with Crippen molar-refractivity contribution in [3.05, 3.63) is 0 Å². The van der Waals surface area contributed by atoms with Crippen LogP contribution in [0.2, 0.25) is 0 Å². The predicted molar refractivity (Wildman–Crippen MR) is 18.7 cm³/mol. The summed E-state index contributed by atoms with van der Waals surface area (Å²) in [5.41, 5.74) is 0. The molecule has 0 heterocycles. The molecule has 0 aromatic rings. The van der Waals surface area contributed by atoms with Crippen molar-refractivity contribution < 1.29 is 41.2 Å². The molecule has 0 aliphatic carbocycles. The van der Waals surface area contributed by atoms with Crippen LogP contribution >= 0.6 is 0 Å². The van der Waals surface area contributed by atoms with Gasteiger partial charge in [-0.1, -0.05) is 0 Å². The first-order chi connectivity index (χ1) is 2.00. The van der Waals surface area contributed by atoms with E-state index in [1.54, 1.807) is 0 Å². The Morgan fingerprint density at radius 2 is 1.00 bits per heavy atom. The molecular weight excluding hydrogens is 103 g/mol. The molecule has 0 saturated carbocycles. The van der Waals surface area contributed by atoms with Gasteiger partial charge in [-0.25, -0.2) is 0 Å². The standard InChI is InChI=1S/2CH3O.Mg.Na.H/c2*1-2;;;/h2*1H3;;;/q2*-1;+2;+1;-1. The average molecular weight is 110 g/mol.